The Labute approximate surface area is 129 Å². The molecule has 1 aliphatic heterocycles. The highest BCUT2D eigenvalue weighted by atomic mass is 79.9. The van der Waals surface area contributed by atoms with Gasteiger partial charge in [0.1, 0.15) is 6.54 Å². The lowest BCUT2D eigenvalue weighted by Gasteiger charge is -2.08. The molecule has 1 aromatic carbocycles. The topological polar surface area (TPSA) is 31.6 Å². The molecule has 0 spiro atoms. The molecule has 0 fully saturated rings. The van der Waals surface area contributed by atoms with Crippen molar-refractivity contribution in [2.75, 3.05) is 13.9 Å². The SMILES string of the molecule is CCCC[n+]1ccc2cc3c(c(OC)c2c1)OCO3.[Br-]. The molecule has 0 amide bonds. The van der Waals surface area contributed by atoms with Crippen LogP contribution in [0.3, 0.4) is 0 Å². The summed E-state index contributed by atoms with van der Waals surface area (Å²) < 4.78 is 18.6. The Hall–Kier alpha value is -1.49. The van der Waals surface area contributed by atoms with Gasteiger partial charge in [0.15, 0.2) is 23.9 Å². The van der Waals surface area contributed by atoms with Crippen LogP contribution in [0.15, 0.2) is 24.5 Å². The lowest BCUT2D eigenvalue weighted by Crippen LogP contribution is -3.00. The molecule has 0 unspecified atom stereocenters. The summed E-state index contributed by atoms with van der Waals surface area (Å²) in [7, 11) is 1.67. The molecule has 5 heteroatoms. The molecule has 0 bridgehead atoms. The summed E-state index contributed by atoms with van der Waals surface area (Å²) in [6.07, 6.45) is 6.57. The van der Waals surface area contributed by atoms with Gasteiger partial charge in [-0.25, -0.2) is 4.57 Å². The molecule has 2 heterocycles. The number of ether oxygens (including phenoxy) is 3. The number of hydrogen-bond acceptors (Lipinski definition) is 3. The maximum Gasteiger partial charge on any atom is 0.231 e. The normalized spacial score (nSPS) is 12.3. The molecule has 4 nitrogen and oxygen atoms in total. The van der Waals surface area contributed by atoms with Crippen molar-refractivity contribution < 1.29 is 35.8 Å². The van der Waals surface area contributed by atoms with Crippen molar-refractivity contribution in [1.29, 1.82) is 0 Å². The van der Waals surface area contributed by atoms with E-state index in [2.05, 4.69) is 30.0 Å². The van der Waals surface area contributed by atoms with E-state index in [-0.39, 0.29) is 23.8 Å². The summed E-state index contributed by atoms with van der Waals surface area (Å²) in [6, 6.07) is 4.10. The molecule has 3 rings (SSSR count). The summed E-state index contributed by atoms with van der Waals surface area (Å²) in [4.78, 5) is 0. The van der Waals surface area contributed by atoms with E-state index in [1.807, 2.05) is 6.07 Å². The van der Waals surface area contributed by atoms with E-state index < -0.39 is 0 Å². The minimum Gasteiger partial charge on any atom is -1.00 e. The zero-order valence-corrected chi connectivity index (χ0v) is 13.3. The van der Waals surface area contributed by atoms with E-state index >= 15 is 0 Å². The third kappa shape index (κ3) is 2.54. The molecule has 1 aliphatic rings. The van der Waals surface area contributed by atoms with Gasteiger partial charge in [-0.05, 0) is 6.07 Å². The Bertz CT molecular complexity index is 616. The van der Waals surface area contributed by atoms with Gasteiger partial charge in [0.25, 0.3) is 0 Å². The van der Waals surface area contributed by atoms with Crippen LogP contribution in [0.1, 0.15) is 19.8 Å². The number of aromatic nitrogens is 1. The van der Waals surface area contributed by atoms with Gasteiger partial charge in [0.2, 0.25) is 12.5 Å². The minimum absolute atomic E-state index is 0. The van der Waals surface area contributed by atoms with Crippen molar-refractivity contribution in [2.45, 2.75) is 26.3 Å². The second-order valence-electron chi connectivity index (χ2n) is 4.68. The number of fused-ring (bicyclic) bond motifs is 2. The molecule has 108 valence electrons. The fourth-order valence-electron chi connectivity index (χ4n) is 2.38. The van der Waals surface area contributed by atoms with Gasteiger partial charge in [0.05, 0.1) is 12.5 Å². The third-order valence-corrected chi connectivity index (χ3v) is 3.40. The van der Waals surface area contributed by atoms with Gasteiger partial charge >= 0.3 is 0 Å². The summed E-state index contributed by atoms with van der Waals surface area (Å²) in [6.45, 7) is 3.47. The molecule has 0 aliphatic carbocycles. The Morgan fingerprint density at radius 3 is 2.95 bits per heavy atom. The Morgan fingerprint density at radius 1 is 1.35 bits per heavy atom. The van der Waals surface area contributed by atoms with E-state index in [0.29, 0.717) is 5.75 Å². The van der Waals surface area contributed by atoms with Gasteiger partial charge in [0, 0.05) is 17.9 Å². The van der Waals surface area contributed by atoms with Crippen LogP contribution >= 0.6 is 0 Å². The number of pyridine rings is 1. The molecule has 2 aromatic rings. The number of nitrogens with zero attached hydrogens (tertiary/aromatic N) is 1. The standard InChI is InChI=1S/C15H18NO3.BrH/c1-3-4-6-16-7-5-11-8-13-15(19-10-18-13)14(17-2)12(11)9-16;/h5,7-9H,3-4,6,10H2,1-2H3;1H/q+1;/p-1. The smallest absolute Gasteiger partial charge is 0.231 e. The predicted octanol–water partition coefficient (Wildman–Crippen LogP) is -0.331. The van der Waals surface area contributed by atoms with Crippen molar-refractivity contribution >= 4 is 10.8 Å². The van der Waals surface area contributed by atoms with Gasteiger partial charge in [-0.1, -0.05) is 13.3 Å². The van der Waals surface area contributed by atoms with Crippen molar-refractivity contribution in [3.8, 4) is 17.2 Å². The highest BCUT2D eigenvalue weighted by Gasteiger charge is 2.23. The first-order chi connectivity index (χ1) is 9.33. The fourth-order valence-corrected chi connectivity index (χ4v) is 2.38. The zero-order valence-electron chi connectivity index (χ0n) is 11.7. The number of rotatable bonds is 4. The van der Waals surface area contributed by atoms with Crippen LogP contribution < -0.4 is 35.8 Å². The monoisotopic (exact) mass is 339 g/mol. The second kappa shape index (κ2) is 6.31. The number of aryl methyl sites for hydroxylation is 1. The molecular weight excluding hydrogens is 322 g/mol. The van der Waals surface area contributed by atoms with Gasteiger partial charge in [-0.2, -0.15) is 0 Å². The Balaban J connectivity index is 0.00000147. The van der Waals surface area contributed by atoms with E-state index in [9.17, 15) is 0 Å². The average Bonchev–Trinajstić information content (AvgIpc) is 2.90. The Kier molecular flexibility index (Phi) is 4.70. The summed E-state index contributed by atoms with van der Waals surface area (Å²) in [5.74, 6) is 2.23. The molecule has 0 atom stereocenters. The zero-order chi connectivity index (χ0) is 13.2. The quantitative estimate of drug-likeness (QED) is 0.715. The van der Waals surface area contributed by atoms with Crippen LogP contribution in [0.25, 0.3) is 10.8 Å². The molecule has 20 heavy (non-hydrogen) atoms. The largest absolute Gasteiger partial charge is 1.00 e. The van der Waals surface area contributed by atoms with Gasteiger partial charge in [-0.3, -0.25) is 0 Å². The van der Waals surface area contributed by atoms with E-state index in [4.69, 9.17) is 14.2 Å². The minimum atomic E-state index is 0. The van der Waals surface area contributed by atoms with Crippen molar-refractivity contribution in [3.05, 3.63) is 24.5 Å². The number of halogens is 1. The maximum absolute atomic E-state index is 5.51. The highest BCUT2D eigenvalue weighted by molar-refractivity contribution is 5.92. The van der Waals surface area contributed by atoms with E-state index in [1.54, 1.807) is 7.11 Å². The van der Waals surface area contributed by atoms with E-state index in [1.165, 1.54) is 12.8 Å². The fraction of sp³-hybridized carbons (Fsp3) is 0.400. The number of unbranched alkanes of at least 4 members (excludes halogenated alkanes) is 1. The molecule has 0 saturated carbocycles. The van der Waals surface area contributed by atoms with E-state index in [0.717, 1.165) is 28.8 Å². The molecule has 0 N–H and O–H groups in total. The lowest BCUT2D eigenvalue weighted by atomic mass is 10.1. The number of benzene rings is 1. The van der Waals surface area contributed by atoms with Crippen molar-refractivity contribution in [1.82, 2.24) is 0 Å². The third-order valence-electron chi connectivity index (χ3n) is 3.40. The van der Waals surface area contributed by atoms with Crippen LogP contribution in [0, 0.1) is 0 Å². The Morgan fingerprint density at radius 2 is 2.20 bits per heavy atom. The summed E-state index contributed by atoms with van der Waals surface area (Å²) in [5, 5.41) is 2.17. The maximum atomic E-state index is 5.51. The van der Waals surface area contributed by atoms with Crippen LogP contribution in [0.4, 0.5) is 0 Å². The molecule has 0 saturated heterocycles. The molecule has 1 aromatic heterocycles. The first kappa shape index (κ1) is 14.9. The number of methoxy groups -OCH3 is 1. The van der Waals surface area contributed by atoms with Crippen LogP contribution in [-0.4, -0.2) is 13.9 Å². The lowest BCUT2D eigenvalue weighted by molar-refractivity contribution is -0.696. The van der Waals surface area contributed by atoms with Crippen LogP contribution in [-0.2, 0) is 6.54 Å². The summed E-state index contributed by atoms with van der Waals surface area (Å²) >= 11 is 0. The predicted molar refractivity (Wildman–Crippen MR) is 71.7 cm³/mol. The number of hydrogen-bond donors (Lipinski definition) is 0. The molecular formula is C15H18BrNO3. The molecule has 0 radical (unpaired) electrons. The van der Waals surface area contributed by atoms with Crippen molar-refractivity contribution in [3.63, 3.8) is 0 Å². The van der Waals surface area contributed by atoms with Crippen LogP contribution in [0.2, 0.25) is 0 Å². The van der Waals surface area contributed by atoms with Gasteiger partial charge in [-0.15, -0.1) is 0 Å². The first-order valence-electron chi connectivity index (χ1n) is 6.63. The van der Waals surface area contributed by atoms with Crippen LogP contribution in [0.5, 0.6) is 17.2 Å². The van der Waals surface area contributed by atoms with Gasteiger partial charge < -0.3 is 31.2 Å². The highest BCUT2D eigenvalue weighted by Crippen LogP contribution is 2.45. The second-order valence-corrected chi connectivity index (χ2v) is 4.68. The first-order valence-corrected chi connectivity index (χ1v) is 6.63. The summed E-state index contributed by atoms with van der Waals surface area (Å²) in [5.41, 5.74) is 0. The average molecular weight is 340 g/mol. The van der Waals surface area contributed by atoms with Crippen molar-refractivity contribution in [2.24, 2.45) is 0 Å².